The van der Waals surface area contributed by atoms with Crippen LogP contribution in [0.1, 0.15) is 0 Å². The van der Waals surface area contributed by atoms with Crippen LogP contribution in [-0.4, -0.2) is 26.4 Å². The Bertz CT molecular complexity index is 661. The lowest BCUT2D eigenvalue weighted by Crippen LogP contribution is -2.08. The van der Waals surface area contributed by atoms with Crippen molar-refractivity contribution in [2.24, 2.45) is 0 Å². The Morgan fingerprint density at radius 2 is 2.10 bits per heavy atom. The van der Waals surface area contributed by atoms with Crippen LogP contribution in [0, 0.1) is 10.1 Å². The molecule has 0 radical (unpaired) electrons. The van der Waals surface area contributed by atoms with Crippen molar-refractivity contribution in [3.8, 4) is 0 Å². The number of nitrogens with one attached hydrogen (secondary N) is 2. The Balaban J connectivity index is 2.35. The molecule has 0 saturated carbocycles. The van der Waals surface area contributed by atoms with Gasteiger partial charge in [-0.1, -0.05) is 6.08 Å². The van der Waals surface area contributed by atoms with Crippen LogP contribution in [0.25, 0.3) is 0 Å². The van der Waals surface area contributed by atoms with Crippen LogP contribution in [0.15, 0.2) is 41.8 Å². The van der Waals surface area contributed by atoms with Crippen molar-refractivity contribution in [1.29, 1.82) is 0 Å². The van der Waals surface area contributed by atoms with Gasteiger partial charge in [-0.2, -0.15) is 0 Å². The fraction of sp³-hybridized carbons (Fsp3) is 0.0833. The van der Waals surface area contributed by atoms with E-state index in [-0.39, 0.29) is 17.3 Å². The van der Waals surface area contributed by atoms with E-state index in [0.29, 0.717) is 12.4 Å². The minimum Gasteiger partial charge on any atom is -0.361 e. The molecule has 2 N–H and O–H groups in total. The molecule has 0 fully saturated rings. The first-order chi connectivity index (χ1) is 10.1. The van der Waals surface area contributed by atoms with Gasteiger partial charge in [0.1, 0.15) is 12.1 Å². The first-order valence-corrected chi connectivity index (χ1v) is 6.64. The van der Waals surface area contributed by atoms with Gasteiger partial charge in [-0.3, -0.25) is 10.1 Å². The highest BCUT2D eigenvalue weighted by Crippen LogP contribution is 2.30. The van der Waals surface area contributed by atoms with Gasteiger partial charge in [-0.15, -0.1) is 6.58 Å². The molecular formula is C12H11BrN6O2. The van der Waals surface area contributed by atoms with Gasteiger partial charge in [0.25, 0.3) is 0 Å². The molecule has 0 amide bonds. The average Bonchev–Trinajstić information content (AvgIpc) is 2.47. The summed E-state index contributed by atoms with van der Waals surface area (Å²) in [7, 11) is 0. The second-order valence-corrected chi connectivity index (χ2v) is 4.75. The quantitative estimate of drug-likeness (QED) is 0.468. The molecule has 21 heavy (non-hydrogen) atoms. The summed E-state index contributed by atoms with van der Waals surface area (Å²) in [6.07, 6.45) is 4.39. The molecule has 0 aliphatic heterocycles. The molecule has 8 nitrogen and oxygen atoms in total. The van der Waals surface area contributed by atoms with Crippen LogP contribution in [-0.2, 0) is 0 Å². The maximum atomic E-state index is 11.2. The third kappa shape index (κ3) is 3.72. The maximum absolute atomic E-state index is 11.2. The fourth-order valence-electron chi connectivity index (χ4n) is 1.51. The van der Waals surface area contributed by atoms with E-state index in [1.807, 2.05) is 0 Å². The van der Waals surface area contributed by atoms with Crippen molar-refractivity contribution in [3.05, 3.63) is 51.9 Å². The lowest BCUT2D eigenvalue weighted by molar-refractivity contribution is -0.383. The minimum absolute atomic E-state index is 0.0661. The standard InChI is InChI=1S/C12H11BrN6O2/c1-2-5-14-11-10(19(20)21)12(17-7-16-11)18-9-4-3-8(13)6-15-9/h2-4,6-7H,1,5H2,(H2,14,15,16,17,18). The number of nitro groups is 1. The molecule has 0 saturated heterocycles. The Kier molecular flexibility index (Phi) is 4.77. The second kappa shape index (κ2) is 6.75. The highest BCUT2D eigenvalue weighted by Gasteiger charge is 2.22. The van der Waals surface area contributed by atoms with Gasteiger partial charge < -0.3 is 10.6 Å². The third-order valence-electron chi connectivity index (χ3n) is 2.39. The number of anilines is 3. The van der Waals surface area contributed by atoms with Crippen LogP contribution in [0.2, 0.25) is 0 Å². The SMILES string of the molecule is C=CCNc1ncnc(Nc2ccc(Br)cn2)c1[N+](=O)[O-]. The van der Waals surface area contributed by atoms with E-state index in [9.17, 15) is 10.1 Å². The number of pyridine rings is 1. The zero-order valence-electron chi connectivity index (χ0n) is 10.8. The first kappa shape index (κ1) is 14.9. The fourth-order valence-corrected chi connectivity index (χ4v) is 1.75. The van der Waals surface area contributed by atoms with E-state index >= 15 is 0 Å². The molecular weight excluding hydrogens is 340 g/mol. The van der Waals surface area contributed by atoms with E-state index in [0.717, 1.165) is 4.47 Å². The van der Waals surface area contributed by atoms with Crippen molar-refractivity contribution in [1.82, 2.24) is 15.0 Å². The first-order valence-electron chi connectivity index (χ1n) is 5.84. The Morgan fingerprint density at radius 1 is 1.33 bits per heavy atom. The molecule has 9 heteroatoms. The molecule has 2 aromatic rings. The highest BCUT2D eigenvalue weighted by molar-refractivity contribution is 9.10. The van der Waals surface area contributed by atoms with E-state index in [4.69, 9.17) is 0 Å². The monoisotopic (exact) mass is 350 g/mol. The van der Waals surface area contributed by atoms with Crippen molar-refractivity contribution in [3.63, 3.8) is 0 Å². The largest absolute Gasteiger partial charge is 0.361 e. The Morgan fingerprint density at radius 3 is 2.71 bits per heavy atom. The molecule has 0 atom stereocenters. The van der Waals surface area contributed by atoms with Gasteiger partial charge >= 0.3 is 5.69 Å². The third-order valence-corrected chi connectivity index (χ3v) is 2.86. The Labute approximate surface area is 128 Å². The van der Waals surface area contributed by atoms with Gasteiger partial charge in [-0.05, 0) is 28.1 Å². The molecule has 108 valence electrons. The van der Waals surface area contributed by atoms with Crippen molar-refractivity contribution >= 4 is 39.1 Å². The number of hydrogen-bond donors (Lipinski definition) is 2. The molecule has 0 unspecified atom stereocenters. The molecule has 2 heterocycles. The summed E-state index contributed by atoms with van der Waals surface area (Å²) in [6, 6.07) is 3.44. The lowest BCUT2D eigenvalue weighted by atomic mass is 10.4. The molecule has 0 aliphatic carbocycles. The number of hydrogen-bond acceptors (Lipinski definition) is 7. The van der Waals surface area contributed by atoms with Crippen molar-refractivity contribution in [2.75, 3.05) is 17.2 Å². The van der Waals surface area contributed by atoms with Crippen LogP contribution in [0.5, 0.6) is 0 Å². The zero-order chi connectivity index (χ0) is 15.2. The van der Waals surface area contributed by atoms with Gasteiger partial charge in [0.2, 0.25) is 11.6 Å². The van der Waals surface area contributed by atoms with E-state index in [2.05, 4.69) is 48.1 Å². The summed E-state index contributed by atoms with van der Waals surface area (Å²) < 4.78 is 0.804. The molecule has 2 rings (SSSR count). The molecule has 0 aromatic carbocycles. The predicted octanol–water partition coefficient (Wildman–Crippen LogP) is 2.88. The van der Waals surface area contributed by atoms with Gasteiger partial charge in [-0.25, -0.2) is 15.0 Å². The summed E-state index contributed by atoms with van der Waals surface area (Å²) in [4.78, 5) is 22.6. The molecule has 2 aromatic heterocycles. The van der Waals surface area contributed by atoms with E-state index in [1.165, 1.54) is 6.33 Å². The van der Waals surface area contributed by atoms with Gasteiger partial charge in [0, 0.05) is 17.2 Å². The topological polar surface area (TPSA) is 106 Å². The lowest BCUT2D eigenvalue weighted by Gasteiger charge is -2.08. The highest BCUT2D eigenvalue weighted by atomic mass is 79.9. The average molecular weight is 351 g/mol. The Hall–Kier alpha value is -2.55. The number of nitrogens with zero attached hydrogens (tertiary/aromatic N) is 4. The summed E-state index contributed by atoms with van der Waals surface area (Å²) in [6.45, 7) is 3.90. The molecule has 0 aliphatic rings. The van der Waals surface area contributed by atoms with Crippen LogP contribution < -0.4 is 10.6 Å². The van der Waals surface area contributed by atoms with E-state index < -0.39 is 4.92 Å². The minimum atomic E-state index is -0.549. The number of aromatic nitrogens is 3. The van der Waals surface area contributed by atoms with Crippen LogP contribution in [0.4, 0.5) is 23.1 Å². The predicted molar refractivity (Wildman–Crippen MR) is 82.6 cm³/mol. The second-order valence-electron chi connectivity index (χ2n) is 3.83. The zero-order valence-corrected chi connectivity index (χ0v) is 12.4. The van der Waals surface area contributed by atoms with E-state index in [1.54, 1.807) is 24.4 Å². The maximum Gasteiger partial charge on any atom is 0.353 e. The van der Waals surface area contributed by atoms with Gasteiger partial charge in [0.15, 0.2) is 0 Å². The van der Waals surface area contributed by atoms with Crippen LogP contribution in [0.3, 0.4) is 0 Å². The molecule has 0 bridgehead atoms. The summed E-state index contributed by atoms with van der Waals surface area (Å²) in [5.41, 5.74) is -0.246. The van der Waals surface area contributed by atoms with Crippen molar-refractivity contribution < 1.29 is 4.92 Å². The molecule has 0 spiro atoms. The smallest absolute Gasteiger partial charge is 0.353 e. The van der Waals surface area contributed by atoms with Crippen molar-refractivity contribution in [2.45, 2.75) is 0 Å². The normalized spacial score (nSPS) is 9.95. The van der Waals surface area contributed by atoms with Crippen LogP contribution >= 0.6 is 15.9 Å². The number of rotatable bonds is 6. The summed E-state index contributed by atoms with van der Waals surface area (Å²) in [5.74, 6) is 0.626. The number of halogens is 1. The summed E-state index contributed by atoms with van der Waals surface area (Å²) >= 11 is 3.27. The summed E-state index contributed by atoms with van der Waals surface area (Å²) in [5, 5.41) is 16.9. The van der Waals surface area contributed by atoms with Gasteiger partial charge in [0.05, 0.1) is 4.92 Å².